The number of sulfonamides is 1. The van der Waals surface area contributed by atoms with Crippen molar-refractivity contribution in [3.05, 3.63) is 87.9 Å². The molecule has 0 radical (unpaired) electrons. The zero-order chi connectivity index (χ0) is 37.3. The van der Waals surface area contributed by atoms with Gasteiger partial charge in [0.1, 0.15) is 23.3 Å². The van der Waals surface area contributed by atoms with E-state index in [0.717, 1.165) is 5.56 Å². The highest BCUT2D eigenvalue weighted by molar-refractivity contribution is 7.89. The van der Waals surface area contributed by atoms with Crippen LogP contribution in [0.4, 0.5) is 0 Å². The summed E-state index contributed by atoms with van der Waals surface area (Å²) in [7, 11) is -5.06. The number of ketones is 1. The summed E-state index contributed by atoms with van der Waals surface area (Å²) in [6.45, 7) is 4.16. The van der Waals surface area contributed by atoms with Crippen LogP contribution >= 0.6 is 23.2 Å². The number of Topliss-reactive ketones (excluding diaryl/α,β-unsaturated/α-hetero) is 1. The van der Waals surface area contributed by atoms with Crippen LogP contribution in [0.1, 0.15) is 48.5 Å². The summed E-state index contributed by atoms with van der Waals surface area (Å²) in [6.07, 6.45) is 2.17. The summed E-state index contributed by atoms with van der Waals surface area (Å²) in [5.74, 6) is -0.464. The summed E-state index contributed by atoms with van der Waals surface area (Å²) < 4.78 is 47.0. The Balaban J connectivity index is 0.000000183. The highest BCUT2D eigenvalue weighted by Crippen LogP contribution is 2.37. The molecular weight excluding hydrogens is 753 g/mol. The Bertz CT molecular complexity index is 1950. The fourth-order valence-corrected chi connectivity index (χ4v) is 10.2. The average Bonchev–Trinajstić information content (AvgIpc) is 3.64. The molecule has 0 saturated carbocycles. The SMILES string of the molecule is CC(=O)c1ccc(S(=O)(=O)N2CCC3(CC2)NC(=O)CO3)cc1.O=C1CN(Cc2ccccc2)C2(CCN(S(=O)c3cc(Cl)c(O)c(Cl)c3)CC2)N1. The Morgan fingerprint density at radius 1 is 0.904 bits per heavy atom. The molecule has 13 nitrogen and oxygen atoms in total. The van der Waals surface area contributed by atoms with E-state index >= 15 is 0 Å². The molecule has 4 aliphatic rings. The van der Waals surface area contributed by atoms with Crippen LogP contribution in [-0.2, 0) is 41.9 Å². The topological polar surface area (TPSA) is 166 Å². The summed E-state index contributed by atoms with van der Waals surface area (Å²) in [5.41, 5.74) is 0.491. The molecule has 52 heavy (non-hydrogen) atoms. The number of hydrogen-bond donors (Lipinski definition) is 3. The predicted octanol–water partition coefficient (Wildman–Crippen LogP) is 3.66. The largest absolute Gasteiger partial charge is 0.505 e. The quantitative estimate of drug-likeness (QED) is 0.303. The van der Waals surface area contributed by atoms with Crippen molar-refractivity contribution in [3.63, 3.8) is 0 Å². The first kappa shape index (κ1) is 38.3. The number of rotatable bonds is 7. The molecule has 2 spiro atoms. The van der Waals surface area contributed by atoms with E-state index in [1.807, 2.05) is 22.5 Å². The average molecular weight is 793 g/mol. The second-order valence-electron chi connectivity index (χ2n) is 13.2. The number of carbonyl (C=O) groups is 3. The van der Waals surface area contributed by atoms with Crippen molar-refractivity contribution < 1.29 is 36.9 Å². The van der Waals surface area contributed by atoms with Crippen molar-refractivity contribution in [2.75, 3.05) is 39.3 Å². The number of nitrogens with one attached hydrogen (secondary N) is 2. The van der Waals surface area contributed by atoms with Crippen molar-refractivity contribution >= 4 is 61.8 Å². The minimum absolute atomic E-state index is 0.0209. The van der Waals surface area contributed by atoms with Crippen LogP contribution in [0.2, 0.25) is 10.0 Å². The van der Waals surface area contributed by atoms with Gasteiger partial charge in [0, 0.05) is 51.1 Å². The Morgan fingerprint density at radius 2 is 1.52 bits per heavy atom. The number of ether oxygens (including phenoxy) is 1. The molecule has 0 aromatic heterocycles. The molecule has 4 aliphatic heterocycles. The van der Waals surface area contributed by atoms with E-state index in [1.54, 1.807) is 0 Å². The second kappa shape index (κ2) is 15.5. The van der Waals surface area contributed by atoms with E-state index in [1.165, 1.54) is 47.6 Å². The lowest BCUT2D eigenvalue weighted by molar-refractivity contribution is -0.120. The van der Waals surface area contributed by atoms with Crippen molar-refractivity contribution in [1.29, 1.82) is 0 Å². The van der Waals surface area contributed by atoms with Crippen molar-refractivity contribution in [2.45, 2.75) is 60.3 Å². The molecule has 7 rings (SSSR count). The smallest absolute Gasteiger partial charge is 0.248 e. The summed E-state index contributed by atoms with van der Waals surface area (Å²) in [6, 6.07) is 18.9. The minimum Gasteiger partial charge on any atom is -0.505 e. The molecule has 0 bridgehead atoms. The highest BCUT2D eigenvalue weighted by atomic mass is 35.5. The number of piperidine rings is 2. The van der Waals surface area contributed by atoms with Crippen molar-refractivity contribution in [2.24, 2.45) is 0 Å². The fraction of sp³-hybridized carbons (Fsp3) is 0.400. The Morgan fingerprint density at radius 3 is 2.08 bits per heavy atom. The van der Waals surface area contributed by atoms with E-state index in [4.69, 9.17) is 27.9 Å². The van der Waals surface area contributed by atoms with Gasteiger partial charge in [-0.15, -0.1) is 0 Å². The van der Waals surface area contributed by atoms with Gasteiger partial charge in [-0.3, -0.25) is 19.3 Å². The first-order valence-corrected chi connectivity index (χ1v) is 20.0. The van der Waals surface area contributed by atoms with E-state index < -0.39 is 32.4 Å². The molecule has 3 aromatic carbocycles. The Hall–Kier alpha value is -3.41. The molecular formula is C35H39Cl2N5O8S2. The summed E-state index contributed by atoms with van der Waals surface area (Å²) >= 11 is 11.9. The van der Waals surface area contributed by atoms with Crippen LogP contribution in [-0.4, -0.2) is 99.6 Å². The molecule has 278 valence electrons. The maximum atomic E-state index is 13.0. The van der Waals surface area contributed by atoms with Gasteiger partial charge in [-0.2, -0.15) is 4.31 Å². The minimum atomic E-state index is -3.61. The van der Waals surface area contributed by atoms with Gasteiger partial charge in [0.2, 0.25) is 21.8 Å². The van der Waals surface area contributed by atoms with Crippen LogP contribution in [0.5, 0.6) is 5.75 Å². The van der Waals surface area contributed by atoms with Gasteiger partial charge < -0.3 is 20.5 Å². The molecule has 4 fully saturated rings. The van der Waals surface area contributed by atoms with Crippen molar-refractivity contribution in [1.82, 2.24) is 24.1 Å². The normalized spacial score (nSPS) is 21.0. The number of halogens is 2. The van der Waals surface area contributed by atoms with Gasteiger partial charge in [0.15, 0.2) is 11.5 Å². The standard InChI is InChI=1S/C20H21Cl2N3O3S.C15H18N2O5S/c21-16-10-15(11-17(22)19(16)27)29(28)25-8-6-20(7-9-25)23-18(26)13-24(20)12-14-4-2-1-3-5-14;1-11(18)12-2-4-13(5-3-12)23(20,21)17-8-6-15(7-9-17)16-14(19)10-22-15/h1-5,10-11,27H,6-9,12-13H2,(H,23,26);2-5H,6-10H2,1H3,(H,16,19). The third kappa shape index (κ3) is 8.21. The highest BCUT2D eigenvalue weighted by Gasteiger charge is 2.47. The van der Waals surface area contributed by atoms with Gasteiger partial charge in [-0.25, -0.2) is 16.9 Å². The zero-order valence-electron chi connectivity index (χ0n) is 28.3. The number of hydrogen-bond acceptors (Lipinski definition) is 9. The molecule has 1 atom stereocenters. The molecule has 17 heteroatoms. The number of phenolic OH excluding ortho intramolecular Hbond substituents is 1. The van der Waals surface area contributed by atoms with Crippen molar-refractivity contribution in [3.8, 4) is 5.75 Å². The van der Waals surface area contributed by atoms with E-state index in [9.17, 15) is 32.1 Å². The summed E-state index contributed by atoms with van der Waals surface area (Å²) in [5, 5.41) is 15.8. The first-order valence-electron chi connectivity index (χ1n) is 16.7. The molecule has 2 amide bonds. The van der Waals surface area contributed by atoms with Gasteiger partial charge >= 0.3 is 0 Å². The van der Waals surface area contributed by atoms with Gasteiger partial charge in [-0.05, 0) is 49.6 Å². The third-order valence-electron chi connectivity index (χ3n) is 9.78. The first-order chi connectivity index (χ1) is 24.7. The predicted molar refractivity (Wildman–Crippen MR) is 194 cm³/mol. The lowest BCUT2D eigenvalue weighted by Crippen LogP contribution is -2.58. The Kier molecular flexibility index (Phi) is 11.4. The lowest BCUT2D eigenvalue weighted by atomic mass is 9.97. The van der Waals surface area contributed by atoms with E-state index in [-0.39, 0.29) is 58.0 Å². The molecule has 4 saturated heterocycles. The maximum Gasteiger partial charge on any atom is 0.248 e. The molecule has 0 aliphatic carbocycles. The van der Waals surface area contributed by atoms with E-state index in [0.29, 0.717) is 62.3 Å². The van der Waals surface area contributed by atoms with Crippen LogP contribution in [0.15, 0.2) is 76.5 Å². The van der Waals surface area contributed by atoms with Crippen LogP contribution < -0.4 is 10.6 Å². The zero-order valence-corrected chi connectivity index (χ0v) is 31.5. The number of aromatic hydroxyl groups is 1. The monoisotopic (exact) mass is 791 g/mol. The van der Waals surface area contributed by atoms with Crippen LogP contribution in [0.3, 0.4) is 0 Å². The van der Waals surface area contributed by atoms with Crippen LogP contribution in [0.25, 0.3) is 0 Å². The molecule has 3 N–H and O–H groups in total. The fourth-order valence-electron chi connectivity index (χ4n) is 6.87. The summed E-state index contributed by atoms with van der Waals surface area (Å²) in [4.78, 5) is 37.6. The Labute approximate surface area is 314 Å². The molecule has 1 unspecified atom stereocenters. The van der Waals surface area contributed by atoms with Gasteiger partial charge in [-0.1, -0.05) is 65.7 Å². The lowest BCUT2D eigenvalue weighted by Gasteiger charge is -2.43. The van der Waals surface area contributed by atoms with Crippen LogP contribution in [0, 0.1) is 0 Å². The number of nitrogens with zero attached hydrogens (tertiary/aromatic N) is 3. The number of benzene rings is 3. The number of phenols is 1. The third-order valence-corrected chi connectivity index (χ3v) is 13.7. The molecule has 3 aromatic rings. The number of carbonyl (C=O) groups excluding carboxylic acids is 3. The van der Waals surface area contributed by atoms with E-state index in [2.05, 4.69) is 27.7 Å². The number of amides is 2. The second-order valence-corrected chi connectivity index (χ2v) is 17.4. The maximum absolute atomic E-state index is 13.0. The van der Waals surface area contributed by atoms with Gasteiger partial charge in [0.05, 0.1) is 32.0 Å². The molecule has 4 heterocycles. The van der Waals surface area contributed by atoms with Gasteiger partial charge in [0.25, 0.3) is 0 Å².